The van der Waals surface area contributed by atoms with Gasteiger partial charge < -0.3 is 15.5 Å². The van der Waals surface area contributed by atoms with Crippen molar-refractivity contribution < 1.29 is 13.2 Å². The Morgan fingerprint density at radius 1 is 1.19 bits per heavy atom. The zero-order valence-corrected chi connectivity index (χ0v) is 20.9. The molecule has 0 bridgehead atoms. The molecular weight excluding hydrogens is 538 g/mol. The molecule has 2 aromatic rings. The smallest absolute Gasteiger partial charge is 0.372 e. The molecule has 3 rings (SSSR count). The van der Waals surface area contributed by atoms with Gasteiger partial charge in [0.2, 0.25) is 0 Å². The first kappa shape index (κ1) is 25.7. The van der Waals surface area contributed by atoms with Crippen LogP contribution in [0.15, 0.2) is 34.6 Å². The summed E-state index contributed by atoms with van der Waals surface area (Å²) in [6.45, 7) is 7.77. The standard InChI is InChI=1S/C21H28F3N5S.HI/c1-3-25-20(27-13-19-28-18(14-30-19)21(22,23)24)26-12-16-4-6-17(7-5-16)29-10-8-15(2)9-11-29;/h4-7,14-15H,3,8-13H2,1-2H3,(H2,25,26,27);1H. The number of aliphatic imine (C=N–C) groups is 1. The van der Waals surface area contributed by atoms with Crippen molar-refractivity contribution >= 4 is 47.0 Å². The number of thiazole rings is 1. The number of rotatable bonds is 6. The lowest BCUT2D eigenvalue weighted by atomic mass is 9.99. The van der Waals surface area contributed by atoms with Gasteiger partial charge in [-0.2, -0.15) is 13.2 Å². The molecule has 0 radical (unpaired) electrons. The van der Waals surface area contributed by atoms with E-state index in [1.54, 1.807) is 0 Å². The summed E-state index contributed by atoms with van der Waals surface area (Å²) in [5.74, 6) is 1.35. The molecule has 0 amide bonds. The predicted octanol–water partition coefficient (Wildman–Crippen LogP) is 5.27. The van der Waals surface area contributed by atoms with Gasteiger partial charge in [0.05, 0.1) is 13.1 Å². The highest BCUT2D eigenvalue weighted by Gasteiger charge is 2.33. The number of aromatic nitrogens is 1. The van der Waals surface area contributed by atoms with Crippen molar-refractivity contribution in [1.29, 1.82) is 0 Å². The third-order valence-electron chi connectivity index (χ3n) is 5.10. The molecule has 0 aliphatic carbocycles. The van der Waals surface area contributed by atoms with Gasteiger partial charge in [-0.25, -0.2) is 9.98 Å². The van der Waals surface area contributed by atoms with E-state index in [-0.39, 0.29) is 30.5 Å². The molecule has 1 aliphatic rings. The van der Waals surface area contributed by atoms with Crippen molar-refractivity contribution in [1.82, 2.24) is 15.6 Å². The van der Waals surface area contributed by atoms with Crippen LogP contribution in [-0.4, -0.2) is 30.6 Å². The second kappa shape index (κ2) is 11.9. The van der Waals surface area contributed by atoms with E-state index in [1.165, 1.54) is 18.5 Å². The molecule has 1 aromatic carbocycles. The Kier molecular flexibility index (Phi) is 9.86. The Labute approximate surface area is 202 Å². The molecule has 2 N–H and O–H groups in total. The molecule has 1 aromatic heterocycles. The molecule has 0 atom stereocenters. The number of nitrogens with zero attached hydrogens (tertiary/aromatic N) is 3. The summed E-state index contributed by atoms with van der Waals surface area (Å²) in [4.78, 5) is 10.6. The Morgan fingerprint density at radius 3 is 2.45 bits per heavy atom. The molecule has 0 spiro atoms. The summed E-state index contributed by atoms with van der Waals surface area (Å²) in [5.41, 5.74) is 1.47. The Morgan fingerprint density at radius 2 is 1.87 bits per heavy atom. The van der Waals surface area contributed by atoms with Gasteiger partial charge in [0, 0.05) is 30.7 Å². The summed E-state index contributed by atoms with van der Waals surface area (Å²) in [5, 5.41) is 7.57. The number of hydrogen-bond donors (Lipinski definition) is 2. The molecule has 10 heteroatoms. The van der Waals surface area contributed by atoms with Gasteiger partial charge in [0.25, 0.3) is 0 Å². The molecule has 1 fully saturated rings. The average Bonchev–Trinajstić information content (AvgIpc) is 3.21. The Balaban J connectivity index is 0.00000341. The Hall–Kier alpha value is -1.56. The summed E-state index contributed by atoms with van der Waals surface area (Å²) >= 11 is 0.985. The number of benzene rings is 1. The van der Waals surface area contributed by atoms with Gasteiger partial charge in [-0.3, -0.25) is 0 Å². The third kappa shape index (κ3) is 7.81. The van der Waals surface area contributed by atoms with Crippen LogP contribution in [0.25, 0.3) is 0 Å². The SMILES string of the molecule is CCNC(=NCc1ccc(N2CCC(C)CC2)cc1)NCc1nc(C(F)(F)F)cs1.I. The van der Waals surface area contributed by atoms with Gasteiger partial charge in [-0.15, -0.1) is 35.3 Å². The highest BCUT2D eigenvalue weighted by molar-refractivity contribution is 14.0. The van der Waals surface area contributed by atoms with E-state index in [0.29, 0.717) is 24.1 Å². The van der Waals surface area contributed by atoms with Crippen LogP contribution in [0.1, 0.15) is 43.0 Å². The lowest BCUT2D eigenvalue weighted by Gasteiger charge is -2.32. The second-order valence-corrected chi connectivity index (χ2v) is 8.45. The van der Waals surface area contributed by atoms with E-state index in [9.17, 15) is 13.2 Å². The minimum absolute atomic E-state index is 0. The highest BCUT2D eigenvalue weighted by atomic mass is 127. The maximum Gasteiger partial charge on any atom is 0.434 e. The monoisotopic (exact) mass is 567 g/mol. The van der Waals surface area contributed by atoms with Gasteiger partial charge in [-0.1, -0.05) is 19.1 Å². The summed E-state index contributed by atoms with van der Waals surface area (Å²) < 4.78 is 38.0. The number of guanidine groups is 1. The number of hydrogen-bond acceptors (Lipinski definition) is 4. The molecular formula is C21H29F3IN5S. The molecule has 0 saturated carbocycles. The van der Waals surface area contributed by atoms with Gasteiger partial charge >= 0.3 is 6.18 Å². The molecule has 1 aliphatic heterocycles. The summed E-state index contributed by atoms with van der Waals surface area (Å²) in [7, 11) is 0. The summed E-state index contributed by atoms with van der Waals surface area (Å²) in [6.07, 6.45) is -1.95. The summed E-state index contributed by atoms with van der Waals surface area (Å²) in [6, 6.07) is 8.43. The highest BCUT2D eigenvalue weighted by Crippen LogP contribution is 2.30. The van der Waals surface area contributed by atoms with Crippen molar-refractivity contribution in [3.63, 3.8) is 0 Å². The van der Waals surface area contributed by atoms with Crippen molar-refractivity contribution in [3.8, 4) is 0 Å². The van der Waals surface area contributed by atoms with Crippen molar-refractivity contribution in [3.05, 3.63) is 45.9 Å². The first-order chi connectivity index (χ1) is 14.3. The van der Waals surface area contributed by atoms with Crippen molar-refractivity contribution in [2.75, 3.05) is 24.5 Å². The zero-order valence-electron chi connectivity index (χ0n) is 17.7. The van der Waals surface area contributed by atoms with E-state index in [1.807, 2.05) is 6.92 Å². The van der Waals surface area contributed by atoms with Crippen LogP contribution in [0.3, 0.4) is 0 Å². The normalized spacial score (nSPS) is 15.5. The molecule has 172 valence electrons. The third-order valence-corrected chi connectivity index (χ3v) is 5.95. The van der Waals surface area contributed by atoms with E-state index in [2.05, 4.69) is 56.7 Å². The first-order valence-electron chi connectivity index (χ1n) is 10.2. The lowest BCUT2D eigenvalue weighted by Crippen LogP contribution is -2.36. The number of alkyl halides is 3. The maximum absolute atomic E-state index is 12.7. The van der Waals surface area contributed by atoms with Crippen molar-refractivity contribution in [2.24, 2.45) is 10.9 Å². The molecule has 0 unspecified atom stereocenters. The van der Waals surface area contributed by atoms with Crippen LogP contribution in [0.2, 0.25) is 0 Å². The van der Waals surface area contributed by atoms with E-state index < -0.39 is 11.9 Å². The van der Waals surface area contributed by atoms with Gasteiger partial charge in [0.15, 0.2) is 11.7 Å². The fourth-order valence-electron chi connectivity index (χ4n) is 3.27. The molecule has 5 nitrogen and oxygen atoms in total. The van der Waals surface area contributed by atoms with Gasteiger partial charge in [0.1, 0.15) is 5.01 Å². The minimum Gasteiger partial charge on any atom is -0.372 e. The fourth-order valence-corrected chi connectivity index (χ4v) is 4.01. The average molecular weight is 567 g/mol. The lowest BCUT2D eigenvalue weighted by molar-refractivity contribution is -0.140. The minimum atomic E-state index is -4.41. The molecule has 31 heavy (non-hydrogen) atoms. The number of nitrogens with one attached hydrogen (secondary N) is 2. The van der Waals surface area contributed by atoms with Crippen LogP contribution in [0, 0.1) is 5.92 Å². The fraction of sp³-hybridized carbons (Fsp3) is 0.524. The topological polar surface area (TPSA) is 52.6 Å². The largest absolute Gasteiger partial charge is 0.434 e. The number of piperidine rings is 1. The predicted molar refractivity (Wildman–Crippen MR) is 131 cm³/mol. The zero-order chi connectivity index (χ0) is 21.6. The van der Waals surface area contributed by atoms with E-state index >= 15 is 0 Å². The van der Waals surface area contributed by atoms with Gasteiger partial charge in [-0.05, 0) is 43.4 Å². The number of halogens is 4. The molecule has 1 saturated heterocycles. The first-order valence-corrected chi connectivity index (χ1v) is 11.1. The Bertz CT molecular complexity index is 830. The van der Waals surface area contributed by atoms with Crippen LogP contribution in [0.5, 0.6) is 0 Å². The quantitative estimate of drug-likeness (QED) is 0.284. The molecule has 2 heterocycles. The maximum atomic E-state index is 12.7. The van der Waals surface area contributed by atoms with Crippen LogP contribution < -0.4 is 15.5 Å². The van der Waals surface area contributed by atoms with E-state index in [4.69, 9.17) is 0 Å². The second-order valence-electron chi connectivity index (χ2n) is 7.51. The van der Waals surface area contributed by atoms with Crippen LogP contribution in [0.4, 0.5) is 18.9 Å². The van der Waals surface area contributed by atoms with Crippen LogP contribution in [-0.2, 0) is 19.3 Å². The van der Waals surface area contributed by atoms with Crippen molar-refractivity contribution in [2.45, 2.75) is 46.0 Å². The van der Waals surface area contributed by atoms with Crippen LogP contribution >= 0.6 is 35.3 Å². The number of anilines is 1. The van der Waals surface area contributed by atoms with E-state index in [0.717, 1.165) is 41.3 Å².